The summed E-state index contributed by atoms with van der Waals surface area (Å²) in [6, 6.07) is -0.0746. The van der Waals surface area contributed by atoms with Gasteiger partial charge in [0, 0.05) is 31.0 Å². The van der Waals surface area contributed by atoms with Gasteiger partial charge in [-0.1, -0.05) is 0 Å². The molecule has 1 saturated heterocycles. The Morgan fingerprint density at radius 1 is 1.42 bits per heavy atom. The van der Waals surface area contributed by atoms with E-state index in [0.717, 1.165) is 23.5 Å². The van der Waals surface area contributed by atoms with Gasteiger partial charge < -0.3 is 15.4 Å². The topological polar surface area (TPSA) is 97.6 Å². The SMILES string of the molecule is CCNC(=NCc1c(C)nn(CCOC)c1C)NC1CCS(=O)(=O)C1.I. The molecule has 1 aromatic rings. The second-order valence-electron chi connectivity index (χ2n) is 6.30. The lowest BCUT2D eigenvalue weighted by molar-refractivity contribution is 0.182. The van der Waals surface area contributed by atoms with Gasteiger partial charge in [-0.05, 0) is 27.2 Å². The summed E-state index contributed by atoms with van der Waals surface area (Å²) >= 11 is 0. The number of guanidine groups is 1. The number of ether oxygens (including phenoxy) is 1. The number of aromatic nitrogens is 2. The first-order valence-electron chi connectivity index (χ1n) is 8.63. The van der Waals surface area contributed by atoms with Gasteiger partial charge in [0.15, 0.2) is 15.8 Å². The van der Waals surface area contributed by atoms with Gasteiger partial charge in [-0.15, -0.1) is 24.0 Å². The van der Waals surface area contributed by atoms with Crippen LogP contribution in [0, 0.1) is 13.8 Å². The second-order valence-corrected chi connectivity index (χ2v) is 8.53. The van der Waals surface area contributed by atoms with Crippen LogP contribution < -0.4 is 10.6 Å². The zero-order valence-corrected chi connectivity index (χ0v) is 19.1. The van der Waals surface area contributed by atoms with Crippen LogP contribution in [0.1, 0.15) is 30.3 Å². The van der Waals surface area contributed by atoms with E-state index >= 15 is 0 Å². The number of hydrogen-bond donors (Lipinski definition) is 2. The van der Waals surface area contributed by atoms with Crippen LogP contribution in [-0.2, 0) is 27.7 Å². The highest BCUT2D eigenvalue weighted by Crippen LogP contribution is 2.15. The lowest BCUT2D eigenvalue weighted by Gasteiger charge is -2.15. The van der Waals surface area contributed by atoms with Crippen molar-refractivity contribution >= 4 is 39.8 Å². The number of methoxy groups -OCH3 is 1. The average molecular weight is 499 g/mol. The maximum Gasteiger partial charge on any atom is 0.191 e. The molecule has 1 aliphatic heterocycles. The third-order valence-corrected chi connectivity index (χ3v) is 6.12. The third kappa shape index (κ3) is 6.38. The van der Waals surface area contributed by atoms with Crippen LogP contribution in [0.25, 0.3) is 0 Å². The Morgan fingerprint density at radius 3 is 2.73 bits per heavy atom. The van der Waals surface area contributed by atoms with Crippen LogP contribution in [0.2, 0.25) is 0 Å². The molecule has 0 aliphatic carbocycles. The van der Waals surface area contributed by atoms with Gasteiger partial charge in [-0.25, -0.2) is 13.4 Å². The van der Waals surface area contributed by atoms with Crippen LogP contribution >= 0.6 is 24.0 Å². The Balaban J connectivity index is 0.00000338. The van der Waals surface area contributed by atoms with Crippen LogP contribution in [-0.4, -0.2) is 62.0 Å². The maximum absolute atomic E-state index is 11.6. The summed E-state index contributed by atoms with van der Waals surface area (Å²) in [4.78, 5) is 4.63. The summed E-state index contributed by atoms with van der Waals surface area (Å²) in [6.07, 6.45) is 0.625. The standard InChI is InChI=1S/C16H29N5O3S.HI/c1-5-17-16(19-14-6-9-25(22,23)11-14)18-10-15-12(2)20-21(13(15)3)7-8-24-4;/h14H,5-11H2,1-4H3,(H2,17,18,19);1H. The first-order valence-corrected chi connectivity index (χ1v) is 10.5. The first-order chi connectivity index (χ1) is 11.9. The Bertz CT molecular complexity index is 718. The molecule has 150 valence electrons. The van der Waals surface area contributed by atoms with Gasteiger partial charge in [0.1, 0.15) is 0 Å². The van der Waals surface area contributed by atoms with E-state index < -0.39 is 9.84 Å². The quantitative estimate of drug-likeness (QED) is 0.330. The van der Waals surface area contributed by atoms with Gasteiger partial charge in [0.2, 0.25) is 0 Å². The first kappa shape index (κ1) is 23.2. The minimum absolute atomic E-state index is 0. The molecule has 2 heterocycles. The lowest BCUT2D eigenvalue weighted by atomic mass is 10.2. The molecule has 0 spiro atoms. The fourth-order valence-electron chi connectivity index (χ4n) is 2.94. The van der Waals surface area contributed by atoms with Crippen molar-refractivity contribution in [1.29, 1.82) is 0 Å². The van der Waals surface area contributed by atoms with E-state index in [1.165, 1.54) is 0 Å². The van der Waals surface area contributed by atoms with E-state index in [9.17, 15) is 8.42 Å². The van der Waals surface area contributed by atoms with E-state index in [0.29, 0.717) is 32.1 Å². The molecule has 1 aliphatic rings. The van der Waals surface area contributed by atoms with Gasteiger partial charge in [-0.3, -0.25) is 4.68 Å². The Labute approximate surface area is 173 Å². The summed E-state index contributed by atoms with van der Waals surface area (Å²) in [7, 11) is -1.24. The molecule has 0 bridgehead atoms. The highest BCUT2D eigenvalue weighted by atomic mass is 127. The van der Waals surface area contributed by atoms with Crippen molar-refractivity contribution < 1.29 is 13.2 Å². The van der Waals surface area contributed by atoms with E-state index in [-0.39, 0.29) is 41.5 Å². The highest BCUT2D eigenvalue weighted by Gasteiger charge is 2.28. The summed E-state index contributed by atoms with van der Waals surface area (Å²) in [5, 5.41) is 11.0. The molecule has 2 rings (SSSR count). The second kappa shape index (κ2) is 10.5. The van der Waals surface area contributed by atoms with Crippen LogP contribution in [0.3, 0.4) is 0 Å². The third-order valence-electron chi connectivity index (χ3n) is 4.35. The zero-order chi connectivity index (χ0) is 18.4. The van der Waals surface area contributed by atoms with Gasteiger partial charge in [0.05, 0.1) is 36.9 Å². The minimum Gasteiger partial charge on any atom is -0.383 e. The number of sulfone groups is 1. The Kier molecular flexibility index (Phi) is 9.31. The Morgan fingerprint density at radius 2 is 2.15 bits per heavy atom. The molecule has 1 fully saturated rings. The van der Waals surface area contributed by atoms with Crippen molar-refractivity contribution in [3.8, 4) is 0 Å². The van der Waals surface area contributed by atoms with E-state index in [1.54, 1.807) is 7.11 Å². The van der Waals surface area contributed by atoms with Gasteiger partial charge in [-0.2, -0.15) is 5.10 Å². The molecule has 0 saturated carbocycles. The summed E-state index contributed by atoms with van der Waals surface area (Å²) in [6.45, 7) is 8.54. The predicted octanol–water partition coefficient (Wildman–Crippen LogP) is 1.01. The molecule has 0 aromatic carbocycles. The normalized spacial score (nSPS) is 19.2. The van der Waals surface area contributed by atoms with Crippen molar-refractivity contribution in [1.82, 2.24) is 20.4 Å². The highest BCUT2D eigenvalue weighted by molar-refractivity contribution is 14.0. The van der Waals surface area contributed by atoms with E-state index in [1.807, 2.05) is 25.5 Å². The molecular formula is C16H30IN5O3S. The lowest BCUT2D eigenvalue weighted by Crippen LogP contribution is -2.44. The summed E-state index contributed by atoms with van der Waals surface area (Å²) in [5.41, 5.74) is 3.13. The maximum atomic E-state index is 11.6. The number of nitrogens with one attached hydrogen (secondary N) is 2. The summed E-state index contributed by atoms with van der Waals surface area (Å²) in [5.74, 6) is 1.06. The van der Waals surface area contributed by atoms with Crippen molar-refractivity contribution in [2.24, 2.45) is 4.99 Å². The van der Waals surface area contributed by atoms with Gasteiger partial charge >= 0.3 is 0 Å². The number of aryl methyl sites for hydroxylation is 1. The molecule has 0 amide bonds. The van der Waals surface area contributed by atoms with Crippen molar-refractivity contribution in [2.45, 2.75) is 46.3 Å². The smallest absolute Gasteiger partial charge is 0.191 e. The number of hydrogen-bond acceptors (Lipinski definition) is 5. The van der Waals surface area contributed by atoms with Gasteiger partial charge in [0.25, 0.3) is 0 Å². The summed E-state index contributed by atoms with van der Waals surface area (Å²) < 4.78 is 30.3. The van der Waals surface area contributed by atoms with Crippen molar-refractivity contribution in [2.75, 3.05) is 31.8 Å². The molecule has 10 heteroatoms. The molecular weight excluding hydrogens is 469 g/mol. The molecule has 1 aromatic heterocycles. The molecule has 1 atom stereocenters. The van der Waals surface area contributed by atoms with E-state index in [4.69, 9.17) is 4.74 Å². The van der Waals surface area contributed by atoms with E-state index in [2.05, 4.69) is 20.7 Å². The van der Waals surface area contributed by atoms with Crippen LogP contribution in [0.4, 0.5) is 0 Å². The number of aliphatic imine (C=N–C) groups is 1. The largest absolute Gasteiger partial charge is 0.383 e. The molecule has 2 N–H and O–H groups in total. The van der Waals surface area contributed by atoms with Crippen molar-refractivity contribution in [3.63, 3.8) is 0 Å². The van der Waals surface area contributed by atoms with Crippen LogP contribution in [0.15, 0.2) is 4.99 Å². The molecule has 1 unspecified atom stereocenters. The Hall–Kier alpha value is -0.880. The predicted molar refractivity (Wildman–Crippen MR) is 114 cm³/mol. The average Bonchev–Trinajstić information content (AvgIpc) is 3.02. The number of nitrogens with zero attached hydrogens (tertiary/aromatic N) is 3. The zero-order valence-electron chi connectivity index (χ0n) is 15.9. The molecule has 26 heavy (non-hydrogen) atoms. The van der Waals surface area contributed by atoms with Crippen molar-refractivity contribution in [3.05, 3.63) is 17.0 Å². The fraction of sp³-hybridized carbons (Fsp3) is 0.750. The number of halogens is 1. The minimum atomic E-state index is -2.91. The fourth-order valence-corrected chi connectivity index (χ4v) is 4.61. The van der Waals surface area contributed by atoms with Crippen LogP contribution in [0.5, 0.6) is 0 Å². The molecule has 8 nitrogen and oxygen atoms in total. The monoisotopic (exact) mass is 499 g/mol. The number of rotatable bonds is 7. The molecule has 0 radical (unpaired) electrons.